The molecular weight excluding hydrogens is 276 g/mol. The zero-order chi connectivity index (χ0) is 13.0. The summed E-state index contributed by atoms with van der Waals surface area (Å²) in [5.74, 6) is 0. The molecule has 0 aliphatic heterocycles. The molecule has 0 saturated heterocycles. The highest BCUT2D eigenvalue weighted by Crippen LogP contribution is 2.28. The fraction of sp³-hybridized carbons (Fsp3) is 0.333. The van der Waals surface area contributed by atoms with Crippen LogP contribution in [0.4, 0.5) is 5.69 Å². The Morgan fingerprint density at radius 3 is 2.47 bits per heavy atom. The predicted molar refractivity (Wildman–Crippen MR) is 87.8 cm³/mol. The molecule has 1 aromatic heterocycles. The Morgan fingerprint density at radius 1 is 1.16 bits per heavy atom. The third-order valence-corrected chi connectivity index (χ3v) is 4.41. The van der Waals surface area contributed by atoms with Crippen LogP contribution >= 0.6 is 23.7 Å². The van der Waals surface area contributed by atoms with Crippen molar-refractivity contribution in [3.8, 4) is 0 Å². The Labute approximate surface area is 125 Å². The van der Waals surface area contributed by atoms with E-state index < -0.39 is 0 Å². The Hall–Kier alpha value is -1.03. The first-order valence-corrected chi connectivity index (χ1v) is 7.11. The molecule has 4 heteroatoms. The van der Waals surface area contributed by atoms with E-state index in [0.717, 1.165) is 6.42 Å². The monoisotopic (exact) mass is 296 g/mol. The van der Waals surface area contributed by atoms with Crippen LogP contribution in [0.3, 0.4) is 0 Å². The summed E-state index contributed by atoms with van der Waals surface area (Å²) in [5.41, 5.74) is 3.94. The number of benzene rings is 1. The largest absolute Gasteiger partial charge is 0.388 e. The summed E-state index contributed by atoms with van der Waals surface area (Å²) in [5, 5.41) is 8.85. The van der Waals surface area contributed by atoms with Crippen LogP contribution in [0.1, 0.15) is 22.0 Å². The highest BCUT2D eigenvalue weighted by molar-refractivity contribution is 7.10. The number of aryl methyl sites for hydroxylation is 1. The predicted octanol–water partition coefficient (Wildman–Crippen LogP) is 4.02. The van der Waals surface area contributed by atoms with E-state index in [9.17, 15) is 0 Å². The van der Waals surface area contributed by atoms with Crippen molar-refractivity contribution >= 4 is 29.4 Å². The summed E-state index contributed by atoms with van der Waals surface area (Å²) in [6.07, 6.45) is 1.01. The van der Waals surface area contributed by atoms with E-state index in [0.29, 0.717) is 6.04 Å². The number of para-hydroxylation sites is 1. The Morgan fingerprint density at radius 2 is 1.89 bits per heavy atom. The molecule has 2 nitrogen and oxygen atoms in total. The topological polar surface area (TPSA) is 24.1 Å². The molecule has 0 aliphatic rings. The summed E-state index contributed by atoms with van der Waals surface area (Å²) in [4.78, 5) is 1.43. The first kappa shape index (κ1) is 16.0. The standard InChI is InChI=1S/C15H20N2S.ClH/c1-11-8-9-18-15(11)14(17-3)10-12-6-4-5-7-13(12)16-2;/h4-9,14,16-17H,10H2,1-3H3;1H. The lowest BCUT2D eigenvalue weighted by Gasteiger charge is -2.18. The smallest absolute Gasteiger partial charge is 0.0456 e. The van der Waals surface area contributed by atoms with Gasteiger partial charge in [0.2, 0.25) is 0 Å². The maximum Gasteiger partial charge on any atom is 0.0456 e. The molecule has 0 amide bonds. The van der Waals surface area contributed by atoms with E-state index in [1.54, 1.807) is 0 Å². The molecule has 2 rings (SSSR count). The van der Waals surface area contributed by atoms with E-state index in [2.05, 4.69) is 53.3 Å². The number of thiophene rings is 1. The summed E-state index contributed by atoms with van der Waals surface area (Å²) in [6.45, 7) is 2.18. The highest BCUT2D eigenvalue weighted by atomic mass is 35.5. The molecule has 1 atom stereocenters. The Bertz CT molecular complexity index is 510. The third-order valence-electron chi connectivity index (χ3n) is 3.28. The number of halogens is 1. The van der Waals surface area contributed by atoms with E-state index in [-0.39, 0.29) is 12.4 Å². The van der Waals surface area contributed by atoms with Gasteiger partial charge in [-0.25, -0.2) is 0 Å². The summed E-state index contributed by atoms with van der Waals surface area (Å²) >= 11 is 1.83. The van der Waals surface area contributed by atoms with Crippen molar-refractivity contribution in [2.45, 2.75) is 19.4 Å². The number of hydrogen-bond donors (Lipinski definition) is 2. The van der Waals surface area contributed by atoms with Gasteiger partial charge in [0, 0.05) is 23.7 Å². The zero-order valence-electron chi connectivity index (χ0n) is 11.6. The van der Waals surface area contributed by atoms with Crippen molar-refractivity contribution < 1.29 is 0 Å². The number of nitrogens with one attached hydrogen (secondary N) is 2. The molecular formula is C15H21ClN2S. The summed E-state index contributed by atoms with van der Waals surface area (Å²) < 4.78 is 0. The molecule has 1 aromatic carbocycles. The van der Waals surface area contributed by atoms with Gasteiger partial charge in [0.05, 0.1) is 0 Å². The van der Waals surface area contributed by atoms with Gasteiger partial charge >= 0.3 is 0 Å². The minimum absolute atomic E-state index is 0. The maximum atomic E-state index is 3.43. The van der Waals surface area contributed by atoms with Gasteiger partial charge in [0.15, 0.2) is 0 Å². The van der Waals surface area contributed by atoms with Crippen molar-refractivity contribution in [3.05, 3.63) is 51.7 Å². The SMILES string of the molecule is CNc1ccccc1CC(NC)c1sccc1C.Cl. The second-order valence-corrected chi connectivity index (χ2v) is 5.37. The number of anilines is 1. The minimum atomic E-state index is 0. The molecule has 0 fully saturated rings. The molecule has 0 saturated carbocycles. The van der Waals surface area contributed by atoms with Crippen LogP contribution in [0.15, 0.2) is 35.7 Å². The minimum Gasteiger partial charge on any atom is -0.388 e. The second kappa shape index (κ2) is 7.53. The Kier molecular flexibility index (Phi) is 6.35. The van der Waals surface area contributed by atoms with Crippen molar-refractivity contribution in [2.75, 3.05) is 19.4 Å². The zero-order valence-corrected chi connectivity index (χ0v) is 13.2. The lowest BCUT2D eigenvalue weighted by molar-refractivity contribution is 0.600. The highest BCUT2D eigenvalue weighted by Gasteiger charge is 2.15. The van der Waals surface area contributed by atoms with E-state index in [1.165, 1.54) is 21.7 Å². The van der Waals surface area contributed by atoms with Crippen molar-refractivity contribution in [1.29, 1.82) is 0 Å². The third kappa shape index (κ3) is 3.72. The van der Waals surface area contributed by atoms with Crippen LogP contribution in [0, 0.1) is 6.92 Å². The number of hydrogen-bond acceptors (Lipinski definition) is 3. The van der Waals surface area contributed by atoms with E-state index in [1.807, 2.05) is 25.4 Å². The van der Waals surface area contributed by atoms with Gasteiger partial charge < -0.3 is 10.6 Å². The summed E-state index contributed by atoms with van der Waals surface area (Å²) in [6, 6.07) is 11.1. The Balaban J connectivity index is 0.00000180. The van der Waals surface area contributed by atoms with Crippen molar-refractivity contribution in [2.24, 2.45) is 0 Å². The molecule has 0 aliphatic carbocycles. The van der Waals surface area contributed by atoms with E-state index >= 15 is 0 Å². The normalized spacial score (nSPS) is 11.7. The van der Waals surface area contributed by atoms with Gasteiger partial charge in [-0.3, -0.25) is 0 Å². The van der Waals surface area contributed by atoms with Gasteiger partial charge in [-0.05, 0) is 49.0 Å². The van der Waals surface area contributed by atoms with Crippen LogP contribution in [0.2, 0.25) is 0 Å². The molecule has 0 spiro atoms. The van der Waals surface area contributed by atoms with Crippen molar-refractivity contribution in [1.82, 2.24) is 5.32 Å². The van der Waals surface area contributed by atoms with Crippen LogP contribution in [-0.4, -0.2) is 14.1 Å². The second-order valence-electron chi connectivity index (χ2n) is 4.42. The molecule has 2 N–H and O–H groups in total. The molecule has 104 valence electrons. The van der Waals surface area contributed by atoms with Crippen LogP contribution in [0.25, 0.3) is 0 Å². The van der Waals surface area contributed by atoms with Gasteiger partial charge in [0.25, 0.3) is 0 Å². The first-order chi connectivity index (χ1) is 8.76. The molecule has 2 aromatic rings. The van der Waals surface area contributed by atoms with Gasteiger partial charge in [-0.15, -0.1) is 23.7 Å². The van der Waals surface area contributed by atoms with Crippen LogP contribution in [-0.2, 0) is 6.42 Å². The van der Waals surface area contributed by atoms with Crippen LogP contribution < -0.4 is 10.6 Å². The molecule has 0 bridgehead atoms. The fourth-order valence-electron chi connectivity index (χ4n) is 2.23. The van der Waals surface area contributed by atoms with Crippen LogP contribution in [0.5, 0.6) is 0 Å². The van der Waals surface area contributed by atoms with E-state index in [4.69, 9.17) is 0 Å². The molecule has 19 heavy (non-hydrogen) atoms. The number of rotatable bonds is 5. The quantitative estimate of drug-likeness (QED) is 0.871. The molecule has 1 unspecified atom stereocenters. The lowest BCUT2D eigenvalue weighted by atomic mass is 10.0. The van der Waals surface area contributed by atoms with Crippen molar-refractivity contribution in [3.63, 3.8) is 0 Å². The van der Waals surface area contributed by atoms with Gasteiger partial charge in [-0.2, -0.15) is 0 Å². The maximum absolute atomic E-state index is 3.43. The summed E-state index contributed by atoms with van der Waals surface area (Å²) in [7, 11) is 4.01. The number of likely N-dealkylation sites (N-methyl/N-ethyl adjacent to an activating group) is 1. The lowest BCUT2D eigenvalue weighted by Crippen LogP contribution is -2.19. The van der Waals surface area contributed by atoms with Gasteiger partial charge in [-0.1, -0.05) is 18.2 Å². The average Bonchev–Trinajstić information content (AvgIpc) is 2.82. The van der Waals surface area contributed by atoms with Gasteiger partial charge in [0.1, 0.15) is 0 Å². The first-order valence-electron chi connectivity index (χ1n) is 6.23. The fourth-order valence-corrected chi connectivity index (χ4v) is 3.27. The molecule has 0 radical (unpaired) electrons. The average molecular weight is 297 g/mol. The molecule has 1 heterocycles.